The first kappa shape index (κ1) is 10.7. The van der Waals surface area contributed by atoms with Crippen molar-refractivity contribution < 1.29 is 0 Å². The van der Waals surface area contributed by atoms with Crippen LogP contribution in [0.3, 0.4) is 0 Å². The smallest absolute Gasteiger partial charge is 0.0380 e. The fourth-order valence-corrected chi connectivity index (χ4v) is 1.79. The van der Waals surface area contributed by atoms with Crippen LogP contribution in [0, 0.1) is 13.8 Å². The molecule has 0 aliphatic rings. The minimum absolute atomic E-state index is 0.816. The van der Waals surface area contributed by atoms with Gasteiger partial charge in [0.05, 0.1) is 0 Å². The van der Waals surface area contributed by atoms with Gasteiger partial charge in [-0.1, -0.05) is 18.2 Å². The quantitative estimate of drug-likeness (QED) is 0.831. The highest BCUT2D eigenvalue weighted by Crippen LogP contribution is 2.19. The molecule has 0 aliphatic carbocycles. The first-order valence-electron chi connectivity index (χ1n) is 5.42. The molecule has 2 nitrogen and oxygen atoms in total. The molecule has 1 aromatic heterocycles. The van der Waals surface area contributed by atoms with Gasteiger partial charge in [-0.2, -0.15) is 0 Å². The predicted octanol–water partition coefficient (Wildman–Crippen LogP) is 2.87. The predicted molar refractivity (Wildman–Crippen MR) is 67.4 cm³/mol. The molecule has 1 heterocycles. The van der Waals surface area contributed by atoms with Crippen molar-refractivity contribution >= 4 is 5.69 Å². The van der Waals surface area contributed by atoms with Gasteiger partial charge in [-0.3, -0.25) is 4.98 Å². The van der Waals surface area contributed by atoms with Crippen molar-refractivity contribution in [2.45, 2.75) is 20.3 Å². The highest BCUT2D eigenvalue weighted by molar-refractivity contribution is 5.48. The Labute approximate surface area is 96.1 Å². The maximum absolute atomic E-state index is 5.92. The van der Waals surface area contributed by atoms with E-state index >= 15 is 0 Å². The van der Waals surface area contributed by atoms with Crippen LogP contribution in [0.25, 0.3) is 0 Å². The average molecular weight is 212 g/mol. The molecule has 0 saturated heterocycles. The number of pyridine rings is 1. The van der Waals surface area contributed by atoms with Crippen LogP contribution in [0.2, 0.25) is 0 Å². The highest BCUT2D eigenvalue weighted by Gasteiger charge is 2.04. The molecule has 1 aromatic carbocycles. The van der Waals surface area contributed by atoms with Crippen LogP contribution in [-0.4, -0.2) is 4.98 Å². The van der Waals surface area contributed by atoms with Crippen LogP contribution < -0.4 is 5.73 Å². The van der Waals surface area contributed by atoms with E-state index < -0.39 is 0 Å². The third kappa shape index (κ3) is 2.06. The molecule has 82 valence electrons. The fourth-order valence-electron chi connectivity index (χ4n) is 1.79. The molecular formula is C14H16N2. The molecule has 0 radical (unpaired) electrons. The number of hydrogen-bond donors (Lipinski definition) is 1. The second-order valence-corrected chi connectivity index (χ2v) is 4.11. The normalized spacial score (nSPS) is 10.4. The van der Waals surface area contributed by atoms with Crippen molar-refractivity contribution in [3.63, 3.8) is 0 Å². The lowest BCUT2D eigenvalue weighted by atomic mass is 9.97. The van der Waals surface area contributed by atoms with Gasteiger partial charge in [0, 0.05) is 24.5 Å². The fraction of sp³-hybridized carbons (Fsp3) is 0.214. The molecule has 2 aromatic rings. The van der Waals surface area contributed by atoms with Gasteiger partial charge in [-0.25, -0.2) is 0 Å². The lowest BCUT2D eigenvalue weighted by Crippen LogP contribution is -1.98. The van der Waals surface area contributed by atoms with Gasteiger partial charge < -0.3 is 5.73 Å². The van der Waals surface area contributed by atoms with E-state index in [-0.39, 0.29) is 0 Å². The van der Waals surface area contributed by atoms with E-state index in [1.807, 2.05) is 12.3 Å². The molecule has 0 saturated carbocycles. The van der Waals surface area contributed by atoms with Gasteiger partial charge in [-0.05, 0) is 42.2 Å². The Bertz CT molecular complexity index is 504. The largest absolute Gasteiger partial charge is 0.398 e. The topological polar surface area (TPSA) is 38.9 Å². The Morgan fingerprint density at radius 3 is 2.69 bits per heavy atom. The Kier molecular flexibility index (Phi) is 2.91. The van der Waals surface area contributed by atoms with E-state index in [0.717, 1.165) is 17.7 Å². The molecular weight excluding hydrogens is 196 g/mol. The number of nitrogens with two attached hydrogens (primary N) is 1. The second kappa shape index (κ2) is 4.35. The molecule has 0 bridgehead atoms. The van der Waals surface area contributed by atoms with Crippen LogP contribution in [0.15, 0.2) is 36.7 Å². The number of nitrogens with zero attached hydrogens (tertiary/aromatic N) is 1. The van der Waals surface area contributed by atoms with E-state index in [4.69, 9.17) is 5.73 Å². The highest BCUT2D eigenvalue weighted by atomic mass is 14.7. The molecule has 2 heteroatoms. The molecule has 2 rings (SSSR count). The Morgan fingerprint density at radius 2 is 1.94 bits per heavy atom. The molecule has 2 N–H and O–H groups in total. The summed E-state index contributed by atoms with van der Waals surface area (Å²) in [4.78, 5) is 4.11. The Morgan fingerprint density at radius 1 is 1.12 bits per heavy atom. The van der Waals surface area contributed by atoms with Crippen LogP contribution in [0.4, 0.5) is 5.69 Å². The van der Waals surface area contributed by atoms with E-state index in [1.165, 1.54) is 16.7 Å². The monoisotopic (exact) mass is 212 g/mol. The van der Waals surface area contributed by atoms with Crippen LogP contribution >= 0.6 is 0 Å². The van der Waals surface area contributed by atoms with Crippen LogP contribution in [0.5, 0.6) is 0 Å². The lowest BCUT2D eigenvalue weighted by molar-refractivity contribution is 1.11. The zero-order valence-corrected chi connectivity index (χ0v) is 9.70. The zero-order valence-electron chi connectivity index (χ0n) is 9.70. The number of hydrogen-bond acceptors (Lipinski definition) is 2. The third-order valence-corrected chi connectivity index (χ3v) is 3.04. The average Bonchev–Trinajstić information content (AvgIpc) is 2.28. The van der Waals surface area contributed by atoms with E-state index in [2.05, 4.69) is 37.0 Å². The zero-order chi connectivity index (χ0) is 11.5. The maximum atomic E-state index is 5.92. The number of benzene rings is 1. The summed E-state index contributed by atoms with van der Waals surface area (Å²) in [5, 5.41) is 0. The van der Waals surface area contributed by atoms with Gasteiger partial charge in [0.25, 0.3) is 0 Å². The Hall–Kier alpha value is -1.83. The van der Waals surface area contributed by atoms with Gasteiger partial charge in [0.2, 0.25) is 0 Å². The molecule has 0 fully saturated rings. The van der Waals surface area contributed by atoms with E-state index in [0.29, 0.717) is 0 Å². The summed E-state index contributed by atoms with van der Waals surface area (Å²) >= 11 is 0. The summed E-state index contributed by atoms with van der Waals surface area (Å²) in [5.41, 5.74) is 11.8. The van der Waals surface area contributed by atoms with Crippen molar-refractivity contribution in [3.8, 4) is 0 Å². The van der Waals surface area contributed by atoms with E-state index in [1.54, 1.807) is 6.20 Å². The molecule has 0 aliphatic heterocycles. The maximum Gasteiger partial charge on any atom is 0.0380 e. The third-order valence-electron chi connectivity index (χ3n) is 3.04. The summed E-state index contributed by atoms with van der Waals surface area (Å²) in [7, 11) is 0. The summed E-state index contributed by atoms with van der Waals surface area (Å²) < 4.78 is 0. The minimum atomic E-state index is 0.816. The summed E-state index contributed by atoms with van der Waals surface area (Å²) in [5.74, 6) is 0. The number of anilines is 1. The van der Waals surface area contributed by atoms with Gasteiger partial charge in [-0.15, -0.1) is 0 Å². The minimum Gasteiger partial charge on any atom is -0.398 e. The van der Waals surface area contributed by atoms with Crippen molar-refractivity contribution in [1.29, 1.82) is 0 Å². The van der Waals surface area contributed by atoms with Crippen molar-refractivity contribution in [3.05, 3.63) is 58.9 Å². The summed E-state index contributed by atoms with van der Waals surface area (Å²) in [6.07, 6.45) is 4.42. The first-order chi connectivity index (χ1) is 7.68. The molecule has 0 amide bonds. The van der Waals surface area contributed by atoms with Crippen LogP contribution in [0.1, 0.15) is 22.3 Å². The SMILES string of the molecule is Cc1cccc(Cc2cnccc2N)c1C. The second-order valence-electron chi connectivity index (χ2n) is 4.11. The van der Waals surface area contributed by atoms with Gasteiger partial charge in [0.15, 0.2) is 0 Å². The molecule has 0 spiro atoms. The first-order valence-corrected chi connectivity index (χ1v) is 5.42. The number of nitrogen functional groups attached to an aromatic ring is 1. The standard InChI is InChI=1S/C14H16N2/c1-10-4-3-5-12(11(10)2)8-13-9-16-7-6-14(13)15/h3-7,9H,8H2,1-2H3,(H2,15,16). The summed E-state index contributed by atoms with van der Waals surface area (Å²) in [6, 6.07) is 8.21. The molecule has 16 heavy (non-hydrogen) atoms. The Balaban J connectivity index is 2.35. The van der Waals surface area contributed by atoms with Gasteiger partial charge in [0.1, 0.15) is 0 Å². The lowest BCUT2D eigenvalue weighted by Gasteiger charge is -2.09. The number of rotatable bonds is 2. The van der Waals surface area contributed by atoms with E-state index in [9.17, 15) is 0 Å². The summed E-state index contributed by atoms with van der Waals surface area (Å²) in [6.45, 7) is 4.28. The van der Waals surface area contributed by atoms with Crippen molar-refractivity contribution in [2.75, 3.05) is 5.73 Å². The van der Waals surface area contributed by atoms with Crippen molar-refractivity contribution in [1.82, 2.24) is 4.98 Å². The van der Waals surface area contributed by atoms with Crippen molar-refractivity contribution in [2.24, 2.45) is 0 Å². The number of aromatic nitrogens is 1. The van der Waals surface area contributed by atoms with Gasteiger partial charge >= 0.3 is 0 Å². The number of aryl methyl sites for hydroxylation is 1. The van der Waals surface area contributed by atoms with Crippen LogP contribution in [-0.2, 0) is 6.42 Å². The molecule has 0 atom stereocenters. The molecule has 0 unspecified atom stereocenters.